The number of hydrogen-bond donors (Lipinski definition) is 2. The van der Waals surface area contributed by atoms with E-state index in [2.05, 4.69) is 21.1 Å². The van der Waals surface area contributed by atoms with Crippen molar-refractivity contribution in [1.29, 1.82) is 5.26 Å². The van der Waals surface area contributed by atoms with Gasteiger partial charge in [0, 0.05) is 17.5 Å². The number of halogens is 1. The van der Waals surface area contributed by atoms with Crippen LogP contribution in [0.4, 0.5) is 9.52 Å². The molecule has 2 N–H and O–H groups in total. The number of aromatic nitrogens is 1. The van der Waals surface area contributed by atoms with E-state index >= 15 is 0 Å². The maximum atomic E-state index is 14.0. The van der Waals surface area contributed by atoms with Crippen LogP contribution in [0.3, 0.4) is 0 Å². The van der Waals surface area contributed by atoms with Gasteiger partial charge < -0.3 is 5.32 Å². The summed E-state index contributed by atoms with van der Waals surface area (Å²) < 4.78 is 41.5. The number of nitriles is 1. The number of benzene rings is 2. The van der Waals surface area contributed by atoms with E-state index in [4.69, 9.17) is 5.26 Å². The van der Waals surface area contributed by atoms with Gasteiger partial charge in [0.2, 0.25) is 15.9 Å². The Morgan fingerprint density at radius 2 is 1.88 bits per heavy atom. The maximum Gasteiger partial charge on any atom is 0.244 e. The summed E-state index contributed by atoms with van der Waals surface area (Å²) in [7, 11) is -4.24. The molecule has 3 rings (SSSR count). The number of nitrogens with one attached hydrogen (secondary N) is 2. The minimum Gasteiger partial charge on any atom is -0.301 e. The highest BCUT2D eigenvalue weighted by molar-refractivity contribution is 7.89. The Labute approximate surface area is 190 Å². The molecular formula is C22H21FN4O3S2. The predicted molar refractivity (Wildman–Crippen MR) is 120 cm³/mol. The number of amides is 1. The molecule has 0 radical (unpaired) electrons. The van der Waals surface area contributed by atoms with Gasteiger partial charge >= 0.3 is 0 Å². The van der Waals surface area contributed by atoms with E-state index in [1.165, 1.54) is 23.5 Å². The highest BCUT2D eigenvalue weighted by atomic mass is 32.2. The molecule has 0 unspecified atom stereocenters. The van der Waals surface area contributed by atoms with Crippen molar-refractivity contribution in [2.45, 2.75) is 31.2 Å². The molecule has 0 saturated carbocycles. The van der Waals surface area contributed by atoms with Gasteiger partial charge in [0.15, 0.2) is 5.13 Å². The van der Waals surface area contributed by atoms with Gasteiger partial charge in [0.05, 0.1) is 11.6 Å². The van der Waals surface area contributed by atoms with Crippen LogP contribution >= 0.6 is 11.3 Å². The molecule has 1 amide bonds. The molecule has 0 spiro atoms. The second-order valence-corrected chi connectivity index (χ2v) is 10.2. The lowest BCUT2D eigenvalue weighted by molar-refractivity contribution is -0.118. The molecule has 7 nitrogen and oxygen atoms in total. The maximum absolute atomic E-state index is 14.0. The first-order valence-electron chi connectivity index (χ1n) is 9.71. The average Bonchev–Trinajstić information content (AvgIpc) is 3.19. The van der Waals surface area contributed by atoms with Crippen molar-refractivity contribution in [2.24, 2.45) is 5.92 Å². The first kappa shape index (κ1) is 23.5. The highest BCUT2D eigenvalue weighted by Crippen LogP contribution is 2.22. The summed E-state index contributed by atoms with van der Waals surface area (Å²) in [6.07, 6.45) is 2.21. The normalized spacial score (nSPS) is 12.3. The third kappa shape index (κ3) is 5.76. The van der Waals surface area contributed by atoms with Crippen LogP contribution in [0.2, 0.25) is 0 Å². The molecule has 1 heterocycles. The number of carbonyl (C=O) groups excluding carboxylic acids is 1. The summed E-state index contributed by atoms with van der Waals surface area (Å²) in [5.41, 5.74) is 1.56. The Bertz CT molecular complexity index is 1250. The van der Waals surface area contributed by atoms with E-state index in [0.29, 0.717) is 17.1 Å². The van der Waals surface area contributed by atoms with Crippen LogP contribution in [-0.2, 0) is 21.2 Å². The highest BCUT2D eigenvalue weighted by Gasteiger charge is 2.30. The van der Waals surface area contributed by atoms with Crippen molar-refractivity contribution in [3.8, 4) is 6.07 Å². The van der Waals surface area contributed by atoms with E-state index in [1.54, 1.807) is 32.2 Å². The zero-order valence-electron chi connectivity index (χ0n) is 17.4. The third-order valence-corrected chi connectivity index (χ3v) is 6.99. The summed E-state index contributed by atoms with van der Waals surface area (Å²) in [6.45, 7) is 3.37. The summed E-state index contributed by atoms with van der Waals surface area (Å²) in [6, 6.07) is 13.1. The van der Waals surface area contributed by atoms with Crippen LogP contribution in [-0.4, -0.2) is 25.4 Å². The molecule has 0 aliphatic rings. The molecule has 0 aliphatic carbocycles. The quantitative estimate of drug-likeness (QED) is 0.519. The number of sulfonamides is 1. The summed E-state index contributed by atoms with van der Waals surface area (Å²) in [4.78, 5) is 17.4. The van der Waals surface area contributed by atoms with Crippen molar-refractivity contribution in [1.82, 2.24) is 9.71 Å². The van der Waals surface area contributed by atoms with Crippen molar-refractivity contribution in [2.75, 3.05) is 5.32 Å². The van der Waals surface area contributed by atoms with Crippen LogP contribution in [0.1, 0.15) is 29.9 Å². The van der Waals surface area contributed by atoms with Gasteiger partial charge in [0.25, 0.3) is 0 Å². The second-order valence-electron chi connectivity index (χ2n) is 7.38. The van der Waals surface area contributed by atoms with Gasteiger partial charge in [-0.15, -0.1) is 11.3 Å². The van der Waals surface area contributed by atoms with E-state index in [9.17, 15) is 17.6 Å². The average molecular weight is 473 g/mol. The molecule has 3 aromatic rings. The Morgan fingerprint density at radius 1 is 1.19 bits per heavy atom. The monoisotopic (exact) mass is 472 g/mol. The smallest absolute Gasteiger partial charge is 0.244 e. The minimum atomic E-state index is -4.24. The lowest BCUT2D eigenvalue weighted by atomic mass is 10.1. The Hall–Kier alpha value is -3.13. The van der Waals surface area contributed by atoms with Crippen LogP contribution in [0.5, 0.6) is 0 Å². The predicted octanol–water partition coefficient (Wildman–Crippen LogP) is 3.69. The van der Waals surface area contributed by atoms with Crippen LogP contribution < -0.4 is 10.0 Å². The molecule has 0 aliphatic heterocycles. The number of nitrogens with zero attached hydrogens (tertiary/aromatic N) is 2. The standard InChI is InChI=1S/C22H21FN4O3S2/c1-14(2)20(27-32(29,30)19-6-4-3-5-18(19)23)21(28)26-22-25-13-17(31-22)11-15-7-9-16(12-24)10-8-15/h3-10,13-14,20,27H,11H2,1-2H3,(H,25,26,28)/t20-/m1/s1. The Morgan fingerprint density at radius 3 is 2.50 bits per heavy atom. The number of anilines is 1. The molecule has 0 saturated heterocycles. The fraction of sp³-hybridized carbons (Fsp3) is 0.227. The topological polar surface area (TPSA) is 112 Å². The molecule has 1 atom stereocenters. The van der Waals surface area contributed by atoms with E-state index in [0.717, 1.165) is 22.6 Å². The molecule has 1 aromatic heterocycles. The fourth-order valence-corrected chi connectivity index (χ4v) is 5.19. The van der Waals surface area contributed by atoms with Gasteiger partial charge in [-0.3, -0.25) is 4.79 Å². The molecule has 2 aromatic carbocycles. The lowest BCUT2D eigenvalue weighted by Gasteiger charge is -2.21. The number of hydrogen-bond acceptors (Lipinski definition) is 6. The van der Waals surface area contributed by atoms with Crippen molar-refractivity contribution in [3.05, 3.63) is 76.5 Å². The SMILES string of the molecule is CC(C)[C@@H](NS(=O)(=O)c1ccccc1F)C(=O)Nc1ncc(Cc2ccc(C#N)cc2)s1. The largest absolute Gasteiger partial charge is 0.301 e. The molecule has 166 valence electrons. The van der Waals surface area contributed by atoms with E-state index < -0.39 is 38.6 Å². The van der Waals surface area contributed by atoms with Crippen molar-refractivity contribution < 1.29 is 17.6 Å². The number of carbonyl (C=O) groups is 1. The van der Waals surface area contributed by atoms with Crippen LogP contribution in [0, 0.1) is 23.1 Å². The molecule has 10 heteroatoms. The van der Waals surface area contributed by atoms with Crippen LogP contribution in [0.25, 0.3) is 0 Å². The van der Waals surface area contributed by atoms with E-state index in [1.807, 2.05) is 12.1 Å². The van der Waals surface area contributed by atoms with Crippen molar-refractivity contribution >= 4 is 32.4 Å². The van der Waals surface area contributed by atoms with Gasteiger partial charge in [-0.25, -0.2) is 17.8 Å². The Balaban J connectivity index is 1.70. The zero-order valence-corrected chi connectivity index (χ0v) is 19.0. The molecule has 32 heavy (non-hydrogen) atoms. The summed E-state index contributed by atoms with van der Waals surface area (Å²) in [5, 5.41) is 11.8. The second kappa shape index (κ2) is 9.99. The van der Waals surface area contributed by atoms with Crippen molar-refractivity contribution in [3.63, 3.8) is 0 Å². The molecular weight excluding hydrogens is 451 g/mol. The number of rotatable bonds is 8. The van der Waals surface area contributed by atoms with Gasteiger partial charge in [-0.05, 0) is 35.7 Å². The zero-order chi connectivity index (χ0) is 23.3. The van der Waals surface area contributed by atoms with Gasteiger partial charge in [0.1, 0.15) is 16.8 Å². The van der Waals surface area contributed by atoms with Gasteiger partial charge in [-0.2, -0.15) is 9.98 Å². The third-order valence-electron chi connectivity index (χ3n) is 4.60. The summed E-state index contributed by atoms with van der Waals surface area (Å²) >= 11 is 1.27. The Kier molecular flexibility index (Phi) is 7.35. The first-order valence-corrected chi connectivity index (χ1v) is 12.0. The minimum absolute atomic E-state index is 0.328. The lowest BCUT2D eigenvalue weighted by Crippen LogP contribution is -2.47. The fourth-order valence-electron chi connectivity index (χ4n) is 2.91. The molecule has 0 fully saturated rings. The molecule has 0 bridgehead atoms. The van der Waals surface area contributed by atoms with Crippen LogP contribution in [0.15, 0.2) is 59.6 Å². The number of thiazole rings is 1. The van der Waals surface area contributed by atoms with E-state index in [-0.39, 0.29) is 0 Å². The first-order chi connectivity index (χ1) is 15.2. The van der Waals surface area contributed by atoms with Gasteiger partial charge in [-0.1, -0.05) is 38.1 Å². The summed E-state index contributed by atoms with van der Waals surface area (Å²) in [5.74, 6) is -1.87.